The summed E-state index contributed by atoms with van der Waals surface area (Å²) in [6.45, 7) is 1.44. The average Bonchev–Trinajstić information content (AvgIpc) is 2.41. The van der Waals surface area contributed by atoms with E-state index in [1.54, 1.807) is 36.5 Å². The van der Waals surface area contributed by atoms with Gasteiger partial charge in [0.15, 0.2) is 0 Å². The highest BCUT2D eigenvalue weighted by molar-refractivity contribution is 7.99. The van der Waals surface area contributed by atoms with Crippen LogP contribution in [0.5, 0.6) is 0 Å². The van der Waals surface area contributed by atoms with Crippen LogP contribution in [0.4, 0.5) is 5.69 Å². The zero-order valence-electron chi connectivity index (χ0n) is 10.7. The van der Waals surface area contributed by atoms with Gasteiger partial charge in [-0.3, -0.25) is 4.79 Å². The number of carboxylic acid groups (broad SMARTS) is 1. The molecule has 0 atom stereocenters. The minimum absolute atomic E-state index is 0.136. The summed E-state index contributed by atoms with van der Waals surface area (Å²) in [5, 5.41) is 12.2. The van der Waals surface area contributed by atoms with Crippen molar-refractivity contribution in [3.05, 3.63) is 48.2 Å². The van der Waals surface area contributed by atoms with E-state index in [0.29, 0.717) is 10.7 Å². The standard InChI is InChI=1S/C14H12N2O3S/c1-9(17)16-10-4-6-11(7-5-10)20-13-12(14(18)19)3-2-8-15-13/h2-8H,1H3,(H,16,17)(H,18,19). The summed E-state index contributed by atoms with van der Waals surface area (Å²) in [5.74, 6) is -1.14. The van der Waals surface area contributed by atoms with Crippen molar-refractivity contribution >= 4 is 29.3 Å². The van der Waals surface area contributed by atoms with E-state index in [1.165, 1.54) is 24.8 Å². The number of carboxylic acids is 1. The number of aromatic nitrogens is 1. The third-order valence-corrected chi connectivity index (χ3v) is 3.42. The van der Waals surface area contributed by atoms with E-state index in [2.05, 4.69) is 10.3 Å². The normalized spacial score (nSPS) is 10.1. The Morgan fingerprint density at radius 3 is 2.50 bits per heavy atom. The Labute approximate surface area is 120 Å². The maximum absolute atomic E-state index is 11.1. The molecule has 2 aromatic rings. The van der Waals surface area contributed by atoms with Crippen molar-refractivity contribution in [2.75, 3.05) is 5.32 Å². The summed E-state index contributed by atoms with van der Waals surface area (Å²) in [5.41, 5.74) is 0.866. The average molecular weight is 288 g/mol. The van der Waals surface area contributed by atoms with Gasteiger partial charge in [-0.25, -0.2) is 9.78 Å². The Hall–Kier alpha value is -2.34. The predicted octanol–water partition coefficient (Wildman–Crippen LogP) is 2.89. The van der Waals surface area contributed by atoms with Crippen LogP contribution in [0, 0.1) is 0 Å². The van der Waals surface area contributed by atoms with Gasteiger partial charge in [0.2, 0.25) is 5.91 Å². The van der Waals surface area contributed by atoms with Gasteiger partial charge in [-0.1, -0.05) is 11.8 Å². The molecule has 1 amide bonds. The number of pyridine rings is 1. The van der Waals surface area contributed by atoms with Crippen LogP contribution < -0.4 is 5.32 Å². The van der Waals surface area contributed by atoms with Crippen molar-refractivity contribution in [3.63, 3.8) is 0 Å². The first-order chi connectivity index (χ1) is 9.56. The SMILES string of the molecule is CC(=O)Nc1ccc(Sc2ncccc2C(=O)O)cc1. The summed E-state index contributed by atoms with van der Waals surface area (Å²) in [6.07, 6.45) is 1.56. The second-order valence-corrected chi connectivity index (χ2v) is 5.03. The van der Waals surface area contributed by atoms with Gasteiger partial charge in [-0.2, -0.15) is 0 Å². The van der Waals surface area contributed by atoms with Gasteiger partial charge in [0, 0.05) is 23.7 Å². The largest absolute Gasteiger partial charge is 0.478 e. The monoisotopic (exact) mass is 288 g/mol. The number of benzene rings is 1. The fraction of sp³-hybridized carbons (Fsp3) is 0.0714. The highest BCUT2D eigenvalue weighted by atomic mass is 32.2. The Balaban J connectivity index is 2.18. The zero-order chi connectivity index (χ0) is 14.5. The number of aromatic carboxylic acids is 1. The Bertz CT molecular complexity index is 641. The maximum atomic E-state index is 11.1. The van der Waals surface area contributed by atoms with Gasteiger partial charge in [-0.15, -0.1) is 0 Å². The number of anilines is 1. The molecule has 0 saturated carbocycles. The molecule has 0 aliphatic carbocycles. The number of hydrogen-bond donors (Lipinski definition) is 2. The summed E-state index contributed by atoms with van der Waals surface area (Å²) in [6, 6.07) is 10.2. The first-order valence-corrected chi connectivity index (χ1v) is 6.62. The first kappa shape index (κ1) is 14.1. The molecule has 1 aromatic heterocycles. The quantitative estimate of drug-likeness (QED) is 0.904. The number of amides is 1. The van der Waals surface area contributed by atoms with Gasteiger partial charge >= 0.3 is 5.97 Å². The number of rotatable bonds is 4. The van der Waals surface area contributed by atoms with Crippen LogP contribution in [0.15, 0.2) is 52.5 Å². The highest BCUT2D eigenvalue weighted by Gasteiger charge is 2.11. The van der Waals surface area contributed by atoms with Crippen molar-refractivity contribution < 1.29 is 14.7 Å². The van der Waals surface area contributed by atoms with Crippen molar-refractivity contribution in [1.29, 1.82) is 0 Å². The number of hydrogen-bond acceptors (Lipinski definition) is 4. The molecule has 1 heterocycles. The lowest BCUT2D eigenvalue weighted by Crippen LogP contribution is -2.05. The van der Waals surface area contributed by atoms with Crippen molar-refractivity contribution in [1.82, 2.24) is 4.98 Å². The summed E-state index contributed by atoms with van der Waals surface area (Å²) in [7, 11) is 0. The second-order valence-electron chi connectivity index (χ2n) is 3.97. The van der Waals surface area contributed by atoms with E-state index < -0.39 is 5.97 Å². The summed E-state index contributed by atoms with van der Waals surface area (Å²) < 4.78 is 0. The molecule has 5 nitrogen and oxygen atoms in total. The van der Waals surface area contributed by atoms with E-state index in [4.69, 9.17) is 5.11 Å². The number of nitrogens with zero attached hydrogens (tertiary/aromatic N) is 1. The fourth-order valence-electron chi connectivity index (χ4n) is 1.56. The zero-order valence-corrected chi connectivity index (χ0v) is 11.5. The molecule has 2 N–H and O–H groups in total. The third kappa shape index (κ3) is 3.58. The van der Waals surface area contributed by atoms with Crippen LogP contribution in [0.3, 0.4) is 0 Å². The Kier molecular flexibility index (Phi) is 4.37. The van der Waals surface area contributed by atoms with Gasteiger partial charge in [-0.05, 0) is 36.4 Å². The minimum atomic E-state index is -1.00. The second kappa shape index (κ2) is 6.21. The predicted molar refractivity (Wildman–Crippen MR) is 76.1 cm³/mol. The molecule has 102 valence electrons. The van der Waals surface area contributed by atoms with Crippen LogP contribution in [-0.2, 0) is 4.79 Å². The maximum Gasteiger partial charge on any atom is 0.338 e. The van der Waals surface area contributed by atoms with Crippen LogP contribution in [0.1, 0.15) is 17.3 Å². The molecule has 0 saturated heterocycles. The molecule has 0 bridgehead atoms. The fourth-order valence-corrected chi connectivity index (χ4v) is 2.43. The molecule has 0 spiro atoms. The lowest BCUT2D eigenvalue weighted by molar-refractivity contribution is -0.114. The van der Waals surface area contributed by atoms with E-state index in [9.17, 15) is 9.59 Å². The smallest absolute Gasteiger partial charge is 0.338 e. The molecule has 0 aliphatic rings. The van der Waals surface area contributed by atoms with E-state index in [-0.39, 0.29) is 11.5 Å². The topological polar surface area (TPSA) is 79.3 Å². The molecule has 0 radical (unpaired) electrons. The minimum Gasteiger partial charge on any atom is -0.478 e. The van der Waals surface area contributed by atoms with Gasteiger partial charge < -0.3 is 10.4 Å². The molecular formula is C14H12N2O3S. The van der Waals surface area contributed by atoms with Crippen LogP contribution in [-0.4, -0.2) is 22.0 Å². The van der Waals surface area contributed by atoms with Crippen LogP contribution in [0.25, 0.3) is 0 Å². The molecule has 2 rings (SSSR count). The molecule has 0 aliphatic heterocycles. The molecule has 0 fully saturated rings. The molecule has 0 unspecified atom stereocenters. The van der Waals surface area contributed by atoms with E-state index >= 15 is 0 Å². The summed E-state index contributed by atoms with van der Waals surface area (Å²) >= 11 is 1.27. The highest BCUT2D eigenvalue weighted by Crippen LogP contribution is 2.29. The van der Waals surface area contributed by atoms with Crippen molar-refractivity contribution in [3.8, 4) is 0 Å². The molecule has 1 aromatic carbocycles. The lowest BCUT2D eigenvalue weighted by Gasteiger charge is -2.06. The van der Waals surface area contributed by atoms with Crippen LogP contribution in [0.2, 0.25) is 0 Å². The number of carbonyl (C=O) groups is 2. The Morgan fingerprint density at radius 1 is 1.20 bits per heavy atom. The third-order valence-electron chi connectivity index (χ3n) is 2.39. The Morgan fingerprint density at radius 2 is 1.90 bits per heavy atom. The number of carbonyl (C=O) groups excluding carboxylic acids is 1. The van der Waals surface area contributed by atoms with Crippen LogP contribution >= 0.6 is 11.8 Å². The van der Waals surface area contributed by atoms with Gasteiger partial charge in [0.25, 0.3) is 0 Å². The molecular weight excluding hydrogens is 276 g/mol. The first-order valence-electron chi connectivity index (χ1n) is 5.80. The van der Waals surface area contributed by atoms with E-state index in [0.717, 1.165) is 4.90 Å². The number of nitrogens with one attached hydrogen (secondary N) is 1. The lowest BCUT2D eigenvalue weighted by atomic mass is 10.3. The molecule has 20 heavy (non-hydrogen) atoms. The van der Waals surface area contributed by atoms with Crippen molar-refractivity contribution in [2.24, 2.45) is 0 Å². The van der Waals surface area contributed by atoms with Gasteiger partial charge in [0.05, 0.1) is 5.56 Å². The van der Waals surface area contributed by atoms with E-state index in [1.807, 2.05) is 0 Å². The summed E-state index contributed by atoms with van der Waals surface area (Å²) in [4.78, 5) is 26.9. The van der Waals surface area contributed by atoms with Crippen molar-refractivity contribution in [2.45, 2.75) is 16.8 Å². The van der Waals surface area contributed by atoms with Gasteiger partial charge in [0.1, 0.15) is 5.03 Å². The molecule has 6 heteroatoms.